The van der Waals surface area contributed by atoms with Gasteiger partial charge in [0.25, 0.3) is 0 Å². The number of hydrogen-bond acceptors (Lipinski definition) is 6. The lowest BCUT2D eigenvalue weighted by Crippen LogP contribution is -2.38. The fourth-order valence-corrected chi connectivity index (χ4v) is 3.33. The van der Waals surface area contributed by atoms with Crippen LogP contribution in [0, 0.1) is 6.92 Å². The fraction of sp³-hybridized carbons (Fsp3) is 0.368. The molecule has 0 fully saturated rings. The number of halogens is 1. The Labute approximate surface area is 173 Å². The topological polar surface area (TPSA) is 79.4 Å². The predicted octanol–water partition coefficient (Wildman–Crippen LogP) is 3.79. The van der Waals surface area contributed by atoms with E-state index in [0.29, 0.717) is 36.2 Å². The van der Waals surface area contributed by atoms with Gasteiger partial charge in [-0.1, -0.05) is 16.8 Å². The first-order valence-corrected chi connectivity index (χ1v) is 10.3. The van der Waals surface area contributed by atoms with Crippen LogP contribution < -0.4 is 5.32 Å². The first kappa shape index (κ1) is 20.3. The molecule has 3 rings (SSSR count). The van der Waals surface area contributed by atoms with Crippen molar-refractivity contribution in [2.45, 2.75) is 26.8 Å². The highest BCUT2D eigenvalue weighted by Gasteiger charge is 2.11. The number of aromatic nitrogens is 3. The first-order chi connectivity index (χ1) is 13.5. The molecule has 2 heterocycles. The summed E-state index contributed by atoms with van der Waals surface area (Å²) in [7, 11) is 2.00. The Morgan fingerprint density at radius 3 is 2.75 bits per heavy atom. The van der Waals surface area contributed by atoms with Gasteiger partial charge in [-0.2, -0.15) is 4.98 Å². The Kier molecular flexibility index (Phi) is 7.00. The van der Waals surface area contributed by atoms with E-state index in [0.717, 1.165) is 28.8 Å². The van der Waals surface area contributed by atoms with Gasteiger partial charge < -0.3 is 14.7 Å². The molecule has 2 aromatic heterocycles. The van der Waals surface area contributed by atoms with Crippen LogP contribution in [0.15, 0.2) is 39.2 Å². The van der Waals surface area contributed by atoms with Crippen molar-refractivity contribution in [2.24, 2.45) is 4.99 Å². The molecule has 0 unspecified atom stereocenters. The number of hydrogen-bond donors (Lipinski definition) is 1. The van der Waals surface area contributed by atoms with Crippen LogP contribution in [0.2, 0.25) is 5.02 Å². The van der Waals surface area contributed by atoms with Crippen LogP contribution in [0.4, 0.5) is 0 Å². The molecule has 7 nitrogen and oxygen atoms in total. The van der Waals surface area contributed by atoms with E-state index in [2.05, 4.69) is 35.7 Å². The summed E-state index contributed by atoms with van der Waals surface area (Å²) >= 11 is 7.57. The molecule has 0 saturated heterocycles. The Hall–Kier alpha value is -2.45. The maximum atomic E-state index is 5.91. The fourth-order valence-electron chi connectivity index (χ4n) is 2.60. The molecular formula is C19H23ClN6OS. The summed E-state index contributed by atoms with van der Waals surface area (Å²) in [5.74, 6) is 1.94. The number of aryl methyl sites for hydroxylation is 1. The molecule has 148 valence electrons. The first-order valence-electron chi connectivity index (χ1n) is 9.04. The maximum Gasteiger partial charge on any atom is 0.228 e. The molecule has 1 aromatic carbocycles. The highest BCUT2D eigenvalue weighted by atomic mass is 35.5. The number of rotatable bonds is 7. The van der Waals surface area contributed by atoms with Crippen LogP contribution in [0.25, 0.3) is 11.4 Å². The van der Waals surface area contributed by atoms with E-state index in [1.807, 2.05) is 33.0 Å². The summed E-state index contributed by atoms with van der Waals surface area (Å²) in [6.45, 7) is 6.10. The summed E-state index contributed by atoms with van der Waals surface area (Å²) in [6, 6.07) is 7.35. The Bertz CT molecular complexity index is 921. The number of nitrogens with one attached hydrogen (secondary N) is 1. The van der Waals surface area contributed by atoms with Crippen LogP contribution in [0.5, 0.6) is 0 Å². The lowest BCUT2D eigenvalue weighted by Gasteiger charge is -2.21. The predicted molar refractivity (Wildman–Crippen MR) is 113 cm³/mol. The monoisotopic (exact) mass is 418 g/mol. The van der Waals surface area contributed by atoms with Crippen LogP contribution >= 0.6 is 22.9 Å². The third-order valence-corrected chi connectivity index (χ3v) is 4.99. The smallest absolute Gasteiger partial charge is 0.228 e. The van der Waals surface area contributed by atoms with Gasteiger partial charge in [0.1, 0.15) is 0 Å². The number of guanidine groups is 1. The average Bonchev–Trinajstić information content (AvgIpc) is 3.31. The van der Waals surface area contributed by atoms with Gasteiger partial charge in [0.15, 0.2) is 5.96 Å². The van der Waals surface area contributed by atoms with Crippen molar-refractivity contribution in [2.75, 3.05) is 20.1 Å². The molecule has 0 bridgehead atoms. The second-order valence-corrected chi connectivity index (χ2v) is 7.72. The normalized spacial score (nSPS) is 11.6. The number of aliphatic imine (C=N–C) groups is 1. The highest BCUT2D eigenvalue weighted by Crippen LogP contribution is 2.18. The summed E-state index contributed by atoms with van der Waals surface area (Å²) in [4.78, 5) is 15.7. The minimum absolute atomic E-state index is 0.547. The quantitative estimate of drug-likeness (QED) is 0.464. The van der Waals surface area contributed by atoms with Gasteiger partial charge in [-0.25, -0.2) is 4.98 Å². The van der Waals surface area contributed by atoms with Gasteiger partial charge in [0.05, 0.1) is 23.8 Å². The van der Waals surface area contributed by atoms with Crippen molar-refractivity contribution in [1.82, 2.24) is 25.3 Å². The van der Waals surface area contributed by atoms with Crippen LogP contribution in [0.3, 0.4) is 0 Å². The van der Waals surface area contributed by atoms with Gasteiger partial charge >= 0.3 is 0 Å². The molecule has 1 N–H and O–H groups in total. The zero-order valence-electron chi connectivity index (χ0n) is 16.1. The van der Waals surface area contributed by atoms with Crippen LogP contribution in [-0.2, 0) is 13.0 Å². The molecule has 0 spiro atoms. The largest absolute Gasteiger partial charge is 0.357 e. The molecule has 0 aliphatic rings. The van der Waals surface area contributed by atoms with Gasteiger partial charge in [0.2, 0.25) is 11.7 Å². The Morgan fingerprint density at radius 2 is 2.07 bits per heavy atom. The summed E-state index contributed by atoms with van der Waals surface area (Å²) < 4.78 is 5.34. The molecule has 0 atom stereocenters. The van der Waals surface area contributed by atoms with Crippen molar-refractivity contribution >= 4 is 28.9 Å². The molecule has 0 aliphatic heterocycles. The number of benzene rings is 1. The van der Waals surface area contributed by atoms with Crippen LogP contribution in [0.1, 0.15) is 23.5 Å². The summed E-state index contributed by atoms with van der Waals surface area (Å²) in [5, 5.41) is 11.2. The summed E-state index contributed by atoms with van der Waals surface area (Å²) in [5.41, 5.74) is 1.91. The van der Waals surface area contributed by atoms with Crippen LogP contribution in [-0.4, -0.2) is 46.1 Å². The second kappa shape index (κ2) is 9.66. The van der Waals surface area contributed by atoms with E-state index >= 15 is 0 Å². The molecule has 28 heavy (non-hydrogen) atoms. The number of nitrogens with zero attached hydrogens (tertiary/aromatic N) is 5. The van der Waals surface area contributed by atoms with E-state index in [1.165, 1.54) is 0 Å². The van der Waals surface area contributed by atoms with E-state index in [4.69, 9.17) is 16.1 Å². The van der Waals surface area contributed by atoms with E-state index in [9.17, 15) is 0 Å². The van der Waals surface area contributed by atoms with Crippen molar-refractivity contribution in [3.05, 3.63) is 51.3 Å². The highest BCUT2D eigenvalue weighted by molar-refractivity contribution is 7.09. The lowest BCUT2D eigenvalue weighted by atomic mass is 10.2. The van der Waals surface area contributed by atoms with Crippen molar-refractivity contribution < 1.29 is 4.52 Å². The van der Waals surface area contributed by atoms with Gasteiger partial charge in [-0.05, 0) is 38.1 Å². The molecule has 0 amide bonds. The minimum atomic E-state index is 0.547. The minimum Gasteiger partial charge on any atom is -0.357 e. The lowest BCUT2D eigenvalue weighted by molar-refractivity contribution is 0.380. The summed E-state index contributed by atoms with van der Waals surface area (Å²) in [6.07, 6.45) is 0.569. The molecule has 0 saturated carbocycles. The maximum absolute atomic E-state index is 5.91. The average molecular weight is 419 g/mol. The second-order valence-electron chi connectivity index (χ2n) is 6.22. The van der Waals surface area contributed by atoms with Crippen molar-refractivity contribution in [3.63, 3.8) is 0 Å². The zero-order chi connectivity index (χ0) is 19.9. The van der Waals surface area contributed by atoms with Crippen molar-refractivity contribution in [3.8, 4) is 11.4 Å². The van der Waals surface area contributed by atoms with E-state index in [1.54, 1.807) is 23.5 Å². The number of thiazole rings is 1. The Balaban J connectivity index is 1.59. The molecule has 0 radical (unpaired) electrons. The van der Waals surface area contributed by atoms with Gasteiger partial charge in [0, 0.05) is 36.0 Å². The molecule has 9 heteroatoms. The third-order valence-electron chi connectivity index (χ3n) is 3.92. The van der Waals surface area contributed by atoms with Crippen molar-refractivity contribution in [1.29, 1.82) is 0 Å². The molecular weight excluding hydrogens is 396 g/mol. The SMILES string of the molecule is CCNC(=NCCc1nc(-c2ccc(Cl)cc2)no1)N(C)Cc1csc(C)n1. The van der Waals surface area contributed by atoms with Gasteiger partial charge in [-0.3, -0.25) is 4.99 Å². The third kappa shape index (κ3) is 5.53. The van der Waals surface area contributed by atoms with E-state index in [-0.39, 0.29) is 0 Å². The van der Waals surface area contributed by atoms with Gasteiger partial charge in [-0.15, -0.1) is 11.3 Å². The Morgan fingerprint density at radius 1 is 1.29 bits per heavy atom. The van der Waals surface area contributed by atoms with E-state index < -0.39 is 0 Å². The molecule has 3 aromatic rings. The molecule has 0 aliphatic carbocycles. The zero-order valence-corrected chi connectivity index (χ0v) is 17.7. The standard InChI is InChI=1S/C19H23ClN6OS/c1-4-21-19(26(3)11-16-12-28-13(2)23-16)22-10-9-17-24-18(25-27-17)14-5-7-15(20)8-6-14/h5-8,12H,4,9-11H2,1-3H3,(H,21,22).